The summed E-state index contributed by atoms with van der Waals surface area (Å²) in [7, 11) is 3.33. The van der Waals surface area contributed by atoms with Gasteiger partial charge in [0.25, 0.3) is 0 Å². The number of alkyl halides is 3. The zero-order valence-electron chi connectivity index (χ0n) is 9.01. The Morgan fingerprint density at radius 3 is 2.69 bits per heavy atom. The summed E-state index contributed by atoms with van der Waals surface area (Å²) in [5, 5.41) is 3.74. The van der Waals surface area contributed by atoms with Gasteiger partial charge in [-0.3, -0.25) is 0 Å². The minimum atomic E-state index is -4.42. The normalized spacial score (nSPS) is 35.2. The molecule has 3 aliphatic rings. The van der Waals surface area contributed by atoms with Crippen LogP contribution in [0.1, 0.15) is 6.42 Å². The maximum Gasteiger partial charge on any atom is 0.442 e. The Kier molecular flexibility index (Phi) is 1.65. The molecule has 2 atom stereocenters. The molecular weight excluding hydrogens is 221 g/mol. The largest absolute Gasteiger partial charge is 0.486 e. The number of quaternary nitrogens is 1. The molecule has 0 N–H and O–H groups in total. The molecule has 3 nitrogen and oxygen atoms in total. The molecule has 6 heteroatoms. The molecule has 1 fully saturated rings. The van der Waals surface area contributed by atoms with Crippen LogP contribution in [0.2, 0.25) is 0 Å². The Labute approximate surface area is 90.8 Å². The van der Waals surface area contributed by atoms with Crippen molar-refractivity contribution in [2.24, 2.45) is 16.9 Å². The van der Waals surface area contributed by atoms with Crippen molar-refractivity contribution >= 4 is 5.71 Å². The van der Waals surface area contributed by atoms with Crippen molar-refractivity contribution in [3.63, 3.8) is 0 Å². The van der Waals surface area contributed by atoms with Crippen LogP contribution in [0, 0.1) is 11.8 Å². The molecule has 0 amide bonds. The Hall–Kier alpha value is -1.04. The Bertz CT molecular complexity index is 422. The SMILES string of the molecule is C[N+]1(C)N=C(C(F)(F)F)C2=C1C1CC1CO2. The van der Waals surface area contributed by atoms with Gasteiger partial charge in [-0.25, -0.2) is 0 Å². The molecule has 16 heavy (non-hydrogen) atoms. The predicted octanol–water partition coefficient (Wildman–Crippen LogP) is 1.87. The average molecular weight is 233 g/mol. The van der Waals surface area contributed by atoms with Gasteiger partial charge in [0.2, 0.25) is 11.5 Å². The molecule has 1 aliphatic carbocycles. The molecule has 0 spiro atoms. The van der Waals surface area contributed by atoms with Crippen molar-refractivity contribution in [3.05, 3.63) is 11.5 Å². The Morgan fingerprint density at radius 1 is 1.38 bits per heavy atom. The van der Waals surface area contributed by atoms with Gasteiger partial charge in [0.1, 0.15) is 0 Å². The van der Waals surface area contributed by atoms with E-state index in [1.165, 1.54) is 0 Å². The quantitative estimate of drug-likeness (QED) is 0.585. The number of hydrogen-bond donors (Lipinski definition) is 0. The zero-order valence-corrected chi connectivity index (χ0v) is 9.01. The highest BCUT2D eigenvalue weighted by Gasteiger charge is 2.60. The second kappa shape index (κ2) is 2.61. The Balaban J connectivity index is 2.10. The van der Waals surface area contributed by atoms with Gasteiger partial charge in [0, 0.05) is 11.8 Å². The third-order valence-electron chi connectivity index (χ3n) is 3.37. The lowest BCUT2D eigenvalue weighted by molar-refractivity contribution is -0.860. The molecule has 0 radical (unpaired) electrons. The van der Waals surface area contributed by atoms with Crippen LogP contribution in [0.3, 0.4) is 0 Å². The maximum atomic E-state index is 12.8. The topological polar surface area (TPSA) is 21.6 Å². The van der Waals surface area contributed by atoms with Gasteiger partial charge in [-0.1, -0.05) is 5.10 Å². The molecule has 0 bridgehead atoms. The summed E-state index contributed by atoms with van der Waals surface area (Å²) in [5.41, 5.74) is -0.151. The summed E-state index contributed by atoms with van der Waals surface area (Å²) < 4.78 is 43.5. The zero-order chi connectivity index (χ0) is 11.7. The summed E-state index contributed by atoms with van der Waals surface area (Å²) in [4.78, 5) is 0. The number of hydrogen-bond acceptors (Lipinski definition) is 2. The van der Waals surface area contributed by atoms with Crippen molar-refractivity contribution in [1.82, 2.24) is 0 Å². The predicted molar refractivity (Wildman–Crippen MR) is 50.2 cm³/mol. The monoisotopic (exact) mass is 233 g/mol. The van der Waals surface area contributed by atoms with Crippen LogP contribution in [0.5, 0.6) is 0 Å². The smallest absolute Gasteiger partial charge is 0.442 e. The summed E-state index contributed by atoms with van der Waals surface area (Å²) in [6, 6.07) is 0. The van der Waals surface area contributed by atoms with Crippen molar-refractivity contribution < 1.29 is 22.5 Å². The fourth-order valence-electron chi connectivity index (χ4n) is 2.58. The number of ether oxygens (including phenoxy) is 1. The van der Waals surface area contributed by atoms with E-state index in [1.54, 1.807) is 14.1 Å². The van der Waals surface area contributed by atoms with E-state index in [0.29, 0.717) is 18.2 Å². The van der Waals surface area contributed by atoms with Crippen molar-refractivity contribution in [2.75, 3.05) is 20.7 Å². The van der Waals surface area contributed by atoms with Crippen LogP contribution >= 0.6 is 0 Å². The van der Waals surface area contributed by atoms with Gasteiger partial charge in [-0.2, -0.15) is 17.8 Å². The highest BCUT2D eigenvalue weighted by Crippen LogP contribution is 2.54. The molecule has 1 saturated carbocycles. The molecule has 0 aromatic rings. The van der Waals surface area contributed by atoms with Gasteiger partial charge in [0.15, 0.2) is 5.70 Å². The van der Waals surface area contributed by atoms with Crippen LogP contribution in [0.15, 0.2) is 16.6 Å². The number of allylic oxidation sites excluding steroid dienone is 2. The van der Waals surface area contributed by atoms with E-state index in [4.69, 9.17) is 4.74 Å². The van der Waals surface area contributed by atoms with E-state index < -0.39 is 11.9 Å². The lowest BCUT2D eigenvalue weighted by Crippen LogP contribution is -2.32. The van der Waals surface area contributed by atoms with Crippen LogP contribution in [-0.2, 0) is 4.74 Å². The second-order valence-electron chi connectivity index (χ2n) is 4.97. The number of fused-ring (bicyclic) bond motifs is 2. The number of nitrogens with zero attached hydrogens (tertiary/aromatic N) is 2. The van der Waals surface area contributed by atoms with Gasteiger partial charge < -0.3 is 4.74 Å². The molecule has 0 aromatic carbocycles. The molecular formula is C10H12F3N2O+. The minimum absolute atomic E-state index is 0.0174. The van der Waals surface area contributed by atoms with Gasteiger partial charge >= 0.3 is 6.18 Å². The molecule has 0 aromatic heterocycles. The number of halogens is 3. The van der Waals surface area contributed by atoms with Gasteiger partial charge in [0.05, 0.1) is 20.7 Å². The van der Waals surface area contributed by atoms with E-state index in [-0.39, 0.29) is 16.3 Å². The first kappa shape index (κ1) is 10.1. The summed E-state index contributed by atoms with van der Waals surface area (Å²) in [6.07, 6.45) is -3.49. The minimum Gasteiger partial charge on any atom is -0.486 e. The van der Waals surface area contributed by atoms with Crippen LogP contribution in [-0.4, -0.2) is 37.2 Å². The van der Waals surface area contributed by atoms with E-state index in [9.17, 15) is 13.2 Å². The average Bonchev–Trinajstić information content (AvgIpc) is 2.84. The Morgan fingerprint density at radius 2 is 2.06 bits per heavy atom. The third kappa shape index (κ3) is 1.22. The first-order chi connectivity index (χ1) is 7.31. The lowest BCUT2D eigenvalue weighted by Gasteiger charge is -2.23. The first-order valence-corrected chi connectivity index (χ1v) is 5.20. The third-order valence-corrected chi connectivity index (χ3v) is 3.37. The second-order valence-corrected chi connectivity index (χ2v) is 4.97. The highest BCUT2D eigenvalue weighted by atomic mass is 19.4. The molecule has 3 rings (SSSR count). The van der Waals surface area contributed by atoms with Gasteiger partial charge in [-0.15, -0.1) is 0 Å². The molecule has 88 valence electrons. The molecule has 2 aliphatic heterocycles. The van der Waals surface area contributed by atoms with E-state index >= 15 is 0 Å². The summed E-state index contributed by atoms with van der Waals surface area (Å²) >= 11 is 0. The summed E-state index contributed by atoms with van der Waals surface area (Å²) in [5.74, 6) is 0.623. The fraction of sp³-hybridized carbons (Fsp3) is 0.700. The van der Waals surface area contributed by atoms with Crippen LogP contribution in [0.4, 0.5) is 13.2 Å². The standard InChI is InChI=1S/C10H12F3N2O/c1-15(2)7-6-3-5(6)4-16-8(7)9(14-15)10(11,12)13/h5-6H,3-4H2,1-2H3/q+1. The number of rotatable bonds is 0. The molecule has 0 saturated heterocycles. The van der Waals surface area contributed by atoms with E-state index in [2.05, 4.69) is 5.10 Å². The fourth-order valence-corrected chi connectivity index (χ4v) is 2.58. The maximum absolute atomic E-state index is 12.8. The van der Waals surface area contributed by atoms with Crippen LogP contribution in [0.25, 0.3) is 0 Å². The molecule has 2 unspecified atom stereocenters. The first-order valence-electron chi connectivity index (χ1n) is 5.20. The van der Waals surface area contributed by atoms with Gasteiger partial charge in [-0.05, 0) is 6.42 Å². The summed E-state index contributed by atoms with van der Waals surface area (Å²) in [6.45, 7) is 0.401. The molecule has 2 heterocycles. The highest BCUT2D eigenvalue weighted by molar-refractivity contribution is 6.03. The van der Waals surface area contributed by atoms with E-state index in [1.807, 2.05) is 0 Å². The van der Waals surface area contributed by atoms with Crippen molar-refractivity contribution in [3.8, 4) is 0 Å². The van der Waals surface area contributed by atoms with Crippen molar-refractivity contribution in [2.45, 2.75) is 12.6 Å². The lowest BCUT2D eigenvalue weighted by atomic mass is 10.1. The van der Waals surface area contributed by atoms with E-state index in [0.717, 1.165) is 6.42 Å². The van der Waals surface area contributed by atoms with Crippen LogP contribution < -0.4 is 0 Å². The van der Waals surface area contributed by atoms with Crippen molar-refractivity contribution in [1.29, 1.82) is 0 Å².